The van der Waals surface area contributed by atoms with Crippen molar-refractivity contribution in [3.8, 4) is 0 Å². The average molecular weight is 301 g/mol. The summed E-state index contributed by atoms with van der Waals surface area (Å²) < 4.78 is 0. The highest BCUT2D eigenvalue weighted by atomic mass is 16.2. The van der Waals surface area contributed by atoms with Crippen molar-refractivity contribution in [1.29, 1.82) is 0 Å². The van der Waals surface area contributed by atoms with Crippen LogP contribution in [-0.2, 0) is 16.0 Å². The Bertz CT molecular complexity index is 585. The minimum absolute atomic E-state index is 0.0160. The Kier molecular flexibility index (Phi) is 4.43. The molecule has 0 spiro atoms. The Labute approximate surface area is 130 Å². The van der Waals surface area contributed by atoms with Gasteiger partial charge in [-0.15, -0.1) is 0 Å². The monoisotopic (exact) mass is 301 g/mol. The van der Waals surface area contributed by atoms with Crippen LogP contribution in [-0.4, -0.2) is 17.9 Å². The molecule has 0 aromatic heterocycles. The van der Waals surface area contributed by atoms with Crippen molar-refractivity contribution in [2.45, 2.75) is 51.0 Å². The van der Waals surface area contributed by atoms with Crippen LogP contribution in [0.25, 0.3) is 0 Å². The summed E-state index contributed by atoms with van der Waals surface area (Å²) >= 11 is 0. The van der Waals surface area contributed by atoms with E-state index in [1.54, 1.807) is 0 Å². The van der Waals surface area contributed by atoms with Crippen LogP contribution in [0.2, 0.25) is 0 Å². The van der Waals surface area contributed by atoms with Crippen LogP contribution in [0.1, 0.15) is 44.1 Å². The lowest BCUT2D eigenvalue weighted by Gasteiger charge is -2.25. The molecule has 1 aliphatic carbocycles. The summed E-state index contributed by atoms with van der Waals surface area (Å²) in [7, 11) is 0. The molecule has 118 valence electrons. The molecule has 2 atom stereocenters. The van der Waals surface area contributed by atoms with Crippen LogP contribution in [0.5, 0.6) is 0 Å². The summed E-state index contributed by atoms with van der Waals surface area (Å²) in [5.41, 5.74) is 8.71. The van der Waals surface area contributed by atoms with Crippen LogP contribution < -0.4 is 16.4 Å². The van der Waals surface area contributed by atoms with Gasteiger partial charge in [0.2, 0.25) is 11.8 Å². The number of rotatable bonds is 2. The maximum absolute atomic E-state index is 12.4. The highest BCUT2D eigenvalue weighted by Crippen LogP contribution is 2.27. The first-order valence-corrected chi connectivity index (χ1v) is 8.11. The molecule has 5 heteroatoms. The first kappa shape index (κ1) is 15.0. The van der Waals surface area contributed by atoms with Crippen molar-refractivity contribution in [3.05, 3.63) is 23.8 Å². The smallest absolute Gasteiger partial charge is 0.227 e. The van der Waals surface area contributed by atoms with Crippen molar-refractivity contribution in [1.82, 2.24) is 0 Å². The molecule has 3 rings (SSSR count). The van der Waals surface area contributed by atoms with Gasteiger partial charge in [-0.1, -0.05) is 6.42 Å². The number of carbonyl (C=O) groups is 2. The van der Waals surface area contributed by atoms with Crippen LogP contribution in [0.3, 0.4) is 0 Å². The molecule has 5 nitrogen and oxygen atoms in total. The fourth-order valence-electron chi connectivity index (χ4n) is 3.36. The van der Waals surface area contributed by atoms with Crippen LogP contribution >= 0.6 is 0 Å². The Morgan fingerprint density at radius 1 is 1.23 bits per heavy atom. The summed E-state index contributed by atoms with van der Waals surface area (Å²) in [5.74, 6) is 0.141. The minimum Gasteiger partial charge on any atom is -0.328 e. The number of benzene rings is 1. The van der Waals surface area contributed by atoms with Crippen molar-refractivity contribution in [3.63, 3.8) is 0 Å². The van der Waals surface area contributed by atoms with E-state index in [-0.39, 0.29) is 23.8 Å². The second kappa shape index (κ2) is 6.48. The third-order valence-corrected chi connectivity index (χ3v) is 4.58. The van der Waals surface area contributed by atoms with Gasteiger partial charge in [-0.3, -0.25) is 9.59 Å². The molecule has 1 aromatic carbocycles. The number of amides is 2. The van der Waals surface area contributed by atoms with E-state index in [1.165, 1.54) is 0 Å². The normalized spacial score (nSPS) is 24.9. The molecule has 1 aliphatic heterocycles. The van der Waals surface area contributed by atoms with Gasteiger partial charge in [0.25, 0.3) is 0 Å². The van der Waals surface area contributed by atoms with E-state index < -0.39 is 0 Å². The van der Waals surface area contributed by atoms with E-state index in [0.29, 0.717) is 6.42 Å². The maximum Gasteiger partial charge on any atom is 0.227 e. The summed E-state index contributed by atoms with van der Waals surface area (Å²) in [5, 5.41) is 5.91. The molecule has 2 aliphatic rings. The topological polar surface area (TPSA) is 84.2 Å². The van der Waals surface area contributed by atoms with Gasteiger partial charge < -0.3 is 16.4 Å². The number of fused-ring (bicyclic) bond motifs is 1. The van der Waals surface area contributed by atoms with Crippen LogP contribution in [0.15, 0.2) is 18.2 Å². The zero-order chi connectivity index (χ0) is 15.5. The molecule has 0 radical (unpaired) electrons. The molecule has 1 fully saturated rings. The molecule has 1 heterocycles. The lowest BCUT2D eigenvalue weighted by Crippen LogP contribution is -2.34. The average Bonchev–Trinajstić information content (AvgIpc) is 2.67. The van der Waals surface area contributed by atoms with E-state index in [2.05, 4.69) is 10.6 Å². The number of aryl methyl sites for hydroxylation is 1. The summed E-state index contributed by atoms with van der Waals surface area (Å²) in [6.07, 6.45) is 5.97. The van der Waals surface area contributed by atoms with Gasteiger partial charge in [-0.2, -0.15) is 0 Å². The van der Waals surface area contributed by atoms with Gasteiger partial charge in [-0.05, 0) is 55.9 Å². The maximum atomic E-state index is 12.4. The van der Waals surface area contributed by atoms with Gasteiger partial charge >= 0.3 is 0 Å². The standard InChI is InChI=1S/C17H23N3O2/c18-13-5-1-4-12(9-13)17(22)19-14-7-8-15-11(10-14)3-2-6-16(21)20-15/h7-8,10,12-13H,1-6,9,18H2,(H,19,22)(H,20,21). The Morgan fingerprint density at radius 3 is 2.91 bits per heavy atom. The fraction of sp³-hybridized carbons (Fsp3) is 0.529. The SMILES string of the molecule is NC1CCCC(C(=O)Nc2ccc3c(c2)CCCC(=O)N3)C1. The van der Waals surface area contributed by atoms with Crippen LogP contribution in [0, 0.1) is 5.92 Å². The van der Waals surface area contributed by atoms with Crippen molar-refractivity contribution >= 4 is 23.2 Å². The first-order chi connectivity index (χ1) is 10.6. The van der Waals surface area contributed by atoms with Crippen molar-refractivity contribution in [2.75, 3.05) is 10.6 Å². The molecule has 2 amide bonds. The molecule has 22 heavy (non-hydrogen) atoms. The van der Waals surface area contributed by atoms with E-state index in [4.69, 9.17) is 5.73 Å². The number of hydrogen-bond acceptors (Lipinski definition) is 3. The zero-order valence-corrected chi connectivity index (χ0v) is 12.7. The number of nitrogens with two attached hydrogens (primary N) is 1. The van der Waals surface area contributed by atoms with E-state index in [0.717, 1.165) is 55.5 Å². The predicted molar refractivity (Wildman–Crippen MR) is 86.6 cm³/mol. The molecular weight excluding hydrogens is 278 g/mol. The van der Waals surface area contributed by atoms with Crippen molar-refractivity contribution < 1.29 is 9.59 Å². The van der Waals surface area contributed by atoms with Gasteiger partial charge in [0.05, 0.1) is 0 Å². The molecule has 4 N–H and O–H groups in total. The van der Waals surface area contributed by atoms with Gasteiger partial charge in [-0.25, -0.2) is 0 Å². The fourth-order valence-corrected chi connectivity index (χ4v) is 3.36. The molecule has 1 aromatic rings. The Morgan fingerprint density at radius 2 is 2.09 bits per heavy atom. The van der Waals surface area contributed by atoms with Gasteiger partial charge in [0.1, 0.15) is 0 Å². The quantitative estimate of drug-likeness (QED) is 0.784. The number of carbonyl (C=O) groups excluding carboxylic acids is 2. The second-order valence-corrected chi connectivity index (χ2v) is 6.39. The summed E-state index contributed by atoms with van der Waals surface area (Å²) in [4.78, 5) is 23.9. The first-order valence-electron chi connectivity index (χ1n) is 8.11. The Balaban J connectivity index is 1.69. The lowest BCUT2D eigenvalue weighted by atomic mass is 9.85. The predicted octanol–water partition coefficient (Wildman–Crippen LogP) is 2.42. The molecule has 1 saturated carbocycles. The van der Waals surface area contributed by atoms with E-state index >= 15 is 0 Å². The molecule has 0 saturated heterocycles. The van der Waals surface area contributed by atoms with Gasteiger partial charge in [0, 0.05) is 29.8 Å². The molecule has 0 bridgehead atoms. The second-order valence-electron chi connectivity index (χ2n) is 6.39. The van der Waals surface area contributed by atoms with E-state index in [1.807, 2.05) is 18.2 Å². The van der Waals surface area contributed by atoms with E-state index in [9.17, 15) is 9.59 Å². The highest BCUT2D eigenvalue weighted by molar-refractivity contribution is 5.95. The number of hydrogen-bond donors (Lipinski definition) is 3. The summed E-state index contributed by atoms with van der Waals surface area (Å²) in [6, 6.07) is 5.85. The Hall–Kier alpha value is -1.88. The number of anilines is 2. The van der Waals surface area contributed by atoms with Crippen LogP contribution in [0.4, 0.5) is 11.4 Å². The third-order valence-electron chi connectivity index (χ3n) is 4.58. The highest BCUT2D eigenvalue weighted by Gasteiger charge is 2.25. The largest absolute Gasteiger partial charge is 0.328 e. The lowest BCUT2D eigenvalue weighted by molar-refractivity contribution is -0.121. The number of nitrogens with one attached hydrogen (secondary N) is 2. The minimum atomic E-state index is 0.0160. The van der Waals surface area contributed by atoms with Gasteiger partial charge in [0.15, 0.2) is 0 Å². The zero-order valence-electron chi connectivity index (χ0n) is 12.7. The summed E-state index contributed by atoms with van der Waals surface area (Å²) in [6.45, 7) is 0. The molecule has 2 unspecified atom stereocenters. The molecular formula is C17H23N3O2. The van der Waals surface area contributed by atoms with Crippen molar-refractivity contribution in [2.24, 2.45) is 11.7 Å². The third kappa shape index (κ3) is 3.47.